The van der Waals surface area contributed by atoms with E-state index in [1.807, 2.05) is 13.0 Å². The van der Waals surface area contributed by atoms with Crippen LogP contribution in [0.5, 0.6) is 0 Å². The lowest BCUT2D eigenvalue weighted by Gasteiger charge is -2.35. The maximum atomic E-state index is 13.3. The second-order valence-corrected chi connectivity index (χ2v) is 9.83. The molecule has 0 saturated carbocycles. The molecule has 2 heterocycles. The van der Waals surface area contributed by atoms with E-state index in [1.54, 1.807) is 48.2 Å². The molecule has 4 rings (SSSR count). The van der Waals surface area contributed by atoms with Crippen LogP contribution in [0.3, 0.4) is 0 Å². The van der Waals surface area contributed by atoms with Crippen molar-refractivity contribution in [1.29, 1.82) is 0 Å². The molecule has 2 aromatic rings. The van der Waals surface area contributed by atoms with Gasteiger partial charge in [-0.2, -0.15) is 0 Å². The largest absolute Gasteiger partial charge is 0.350 e. The van der Waals surface area contributed by atoms with E-state index in [1.165, 1.54) is 0 Å². The number of likely N-dealkylation sites (tertiary alicyclic amines) is 1. The summed E-state index contributed by atoms with van der Waals surface area (Å²) in [6.45, 7) is 5.92. The average Bonchev–Trinajstić information content (AvgIpc) is 3.30. The van der Waals surface area contributed by atoms with Crippen molar-refractivity contribution < 1.29 is 22.7 Å². The number of anilines is 1. The lowest BCUT2D eigenvalue weighted by molar-refractivity contribution is -0.0969. The fourth-order valence-electron chi connectivity index (χ4n) is 4.19. The molecule has 31 heavy (non-hydrogen) atoms. The highest BCUT2D eigenvalue weighted by molar-refractivity contribution is 7.92. The minimum atomic E-state index is -3.84. The standard InChI is InChI=1S/C23H28N2O5S/c1-16-9-10-17(2)21(14-16)31(27,28)24-20-8-4-3-7-19(20)22(26)25-11-5-6-18(15-25)23-29-12-13-30-23/h3-4,7-10,14,18,23-24H,5-6,11-13,15H2,1-2H3. The number of amides is 1. The van der Waals surface area contributed by atoms with E-state index in [0.717, 1.165) is 18.4 Å². The number of ether oxygens (including phenoxy) is 2. The lowest BCUT2D eigenvalue weighted by atomic mass is 9.96. The summed E-state index contributed by atoms with van der Waals surface area (Å²) in [6, 6.07) is 12.0. The molecule has 7 nitrogen and oxygen atoms in total. The number of piperidine rings is 1. The number of carbonyl (C=O) groups excluding carboxylic acids is 1. The Bertz CT molecular complexity index is 1060. The summed E-state index contributed by atoms with van der Waals surface area (Å²) in [5.74, 6) is -0.0686. The number of para-hydroxylation sites is 1. The zero-order valence-corrected chi connectivity index (χ0v) is 18.7. The molecule has 2 aliphatic rings. The van der Waals surface area contributed by atoms with Crippen molar-refractivity contribution in [3.05, 3.63) is 59.2 Å². The topological polar surface area (TPSA) is 84.9 Å². The fourth-order valence-corrected chi connectivity index (χ4v) is 5.60. The molecule has 2 saturated heterocycles. The summed E-state index contributed by atoms with van der Waals surface area (Å²) in [5, 5.41) is 0. The van der Waals surface area contributed by atoms with Gasteiger partial charge in [-0.3, -0.25) is 9.52 Å². The van der Waals surface area contributed by atoms with Crippen molar-refractivity contribution in [2.75, 3.05) is 31.0 Å². The molecule has 1 unspecified atom stereocenters. The highest BCUT2D eigenvalue weighted by Crippen LogP contribution is 2.28. The van der Waals surface area contributed by atoms with Gasteiger partial charge in [-0.05, 0) is 56.0 Å². The molecular formula is C23H28N2O5S. The predicted molar refractivity (Wildman–Crippen MR) is 117 cm³/mol. The Morgan fingerprint density at radius 3 is 2.61 bits per heavy atom. The first-order valence-corrected chi connectivity index (χ1v) is 12.0. The Hall–Kier alpha value is -2.42. The third-order valence-electron chi connectivity index (χ3n) is 5.81. The van der Waals surface area contributed by atoms with Crippen molar-refractivity contribution in [3.8, 4) is 0 Å². The van der Waals surface area contributed by atoms with Crippen LogP contribution in [0.4, 0.5) is 5.69 Å². The Labute approximate surface area is 183 Å². The normalized spacial score (nSPS) is 20.1. The van der Waals surface area contributed by atoms with Gasteiger partial charge >= 0.3 is 0 Å². The monoisotopic (exact) mass is 444 g/mol. The van der Waals surface area contributed by atoms with E-state index in [9.17, 15) is 13.2 Å². The second kappa shape index (κ2) is 8.98. The molecule has 0 aromatic heterocycles. The van der Waals surface area contributed by atoms with Crippen LogP contribution in [0.15, 0.2) is 47.4 Å². The fraction of sp³-hybridized carbons (Fsp3) is 0.435. The highest BCUT2D eigenvalue weighted by atomic mass is 32.2. The van der Waals surface area contributed by atoms with Gasteiger partial charge in [0.15, 0.2) is 6.29 Å². The Morgan fingerprint density at radius 1 is 1.10 bits per heavy atom. The summed E-state index contributed by atoms with van der Waals surface area (Å²) in [6.07, 6.45) is 1.53. The van der Waals surface area contributed by atoms with Crippen molar-refractivity contribution in [2.24, 2.45) is 5.92 Å². The molecule has 2 aromatic carbocycles. The molecule has 0 bridgehead atoms. The summed E-state index contributed by atoms with van der Waals surface area (Å²) in [7, 11) is -3.84. The van der Waals surface area contributed by atoms with E-state index < -0.39 is 10.0 Å². The third kappa shape index (κ3) is 4.76. The molecule has 0 radical (unpaired) electrons. The van der Waals surface area contributed by atoms with Gasteiger partial charge in [0.2, 0.25) is 0 Å². The van der Waals surface area contributed by atoms with Gasteiger partial charge in [-0.15, -0.1) is 0 Å². The number of rotatable bonds is 5. The zero-order valence-electron chi connectivity index (χ0n) is 17.8. The number of hydrogen-bond acceptors (Lipinski definition) is 5. The van der Waals surface area contributed by atoms with Crippen LogP contribution in [0, 0.1) is 19.8 Å². The molecule has 166 valence electrons. The third-order valence-corrected chi connectivity index (χ3v) is 7.32. The Kier molecular flexibility index (Phi) is 6.31. The van der Waals surface area contributed by atoms with E-state index in [4.69, 9.17) is 9.47 Å². The molecule has 0 aliphatic carbocycles. The minimum Gasteiger partial charge on any atom is -0.350 e. The van der Waals surface area contributed by atoms with Gasteiger partial charge in [-0.1, -0.05) is 24.3 Å². The van der Waals surface area contributed by atoms with Crippen molar-refractivity contribution in [3.63, 3.8) is 0 Å². The number of carbonyl (C=O) groups is 1. The summed E-state index contributed by atoms with van der Waals surface area (Å²) in [5.41, 5.74) is 2.12. The molecular weight excluding hydrogens is 416 g/mol. The maximum absolute atomic E-state index is 13.3. The van der Waals surface area contributed by atoms with Crippen molar-refractivity contribution in [1.82, 2.24) is 4.90 Å². The summed E-state index contributed by atoms with van der Waals surface area (Å²) >= 11 is 0. The van der Waals surface area contributed by atoms with Gasteiger partial charge in [0.05, 0.1) is 29.4 Å². The number of nitrogens with zero attached hydrogens (tertiary/aromatic N) is 1. The molecule has 0 spiro atoms. The molecule has 2 fully saturated rings. The van der Waals surface area contributed by atoms with E-state index in [-0.39, 0.29) is 28.7 Å². The number of aryl methyl sites for hydroxylation is 2. The summed E-state index contributed by atoms with van der Waals surface area (Å²) < 4.78 is 40.1. The first-order chi connectivity index (χ1) is 14.8. The van der Waals surface area contributed by atoms with Gasteiger partial charge in [0.25, 0.3) is 15.9 Å². The number of sulfonamides is 1. The first-order valence-electron chi connectivity index (χ1n) is 10.6. The quantitative estimate of drug-likeness (QED) is 0.765. The predicted octanol–water partition coefficient (Wildman–Crippen LogP) is 3.33. The number of benzene rings is 2. The Morgan fingerprint density at radius 2 is 1.84 bits per heavy atom. The average molecular weight is 445 g/mol. The van der Waals surface area contributed by atoms with E-state index in [0.29, 0.717) is 37.4 Å². The minimum absolute atomic E-state index is 0.124. The SMILES string of the molecule is Cc1ccc(C)c(S(=O)(=O)Nc2ccccc2C(=O)N2CCCC(C3OCCO3)C2)c1. The second-order valence-electron chi connectivity index (χ2n) is 8.18. The zero-order chi connectivity index (χ0) is 22.0. The molecule has 2 aliphatic heterocycles. The Balaban J connectivity index is 1.57. The first kappa shape index (κ1) is 21.8. The summed E-state index contributed by atoms with van der Waals surface area (Å²) in [4.78, 5) is 15.3. The van der Waals surface area contributed by atoms with Crippen LogP contribution >= 0.6 is 0 Å². The van der Waals surface area contributed by atoms with Gasteiger partial charge in [0.1, 0.15) is 0 Å². The smallest absolute Gasteiger partial charge is 0.262 e. The lowest BCUT2D eigenvalue weighted by Crippen LogP contribution is -2.44. The number of hydrogen-bond donors (Lipinski definition) is 1. The maximum Gasteiger partial charge on any atom is 0.262 e. The van der Waals surface area contributed by atoms with E-state index >= 15 is 0 Å². The van der Waals surface area contributed by atoms with Crippen molar-refractivity contribution in [2.45, 2.75) is 37.9 Å². The van der Waals surface area contributed by atoms with Gasteiger partial charge in [-0.25, -0.2) is 8.42 Å². The molecule has 1 amide bonds. The number of nitrogens with one attached hydrogen (secondary N) is 1. The van der Waals surface area contributed by atoms with Crippen LogP contribution < -0.4 is 4.72 Å². The van der Waals surface area contributed by atoms with Crippen LogP contribution in [0.2, 0.25) is 0 Å². The van der Waals surface area contributed by atoms with Crippen LogP contribution in [-0.2, 0) is 19.5 Å². The van der Waals surface area contributed by atoms with Crippen LogP contribution in [0.1, 0.15) is 34.3 Å². The van der Waals surface area contributed by atoms with Crippen LogP contribution in [-0.4, -0.2) is 51.8 Å². The molecule has 1 N–H and O–H groups in total. The van der Waals surface area contributed by atoms with Gasteiger partial charge < -0.3 is 14.4 Å². The molecule has 1 atom stereocenters. The highest BCUT2D eigenvalue weighted by Gasteiger charge is 2.33. The van der Waals surface area contributed by atoms with Crippen molar-refractivity contribution >= 4 is 21.6 Å². The molecule has 8 heteroatoms. The van der Waals surface area contributed by atoms with Crippen LogP contribution in [0.25, 0.3) is 0 Å². The van der Waals surface area contributed by atoms with E-state index in [2.05, 4.69) is 4.72 Å². The van der Waals surface area contributed by atoms with Gasteiger partial charge in [0, 0.05) is 19.0 Å².